The molecule has 0 N–H and O–H groups in total. The van der Waals surface area contributed by atoms with Gasteiger partial charge in [-0.05, 0) is 17.7 Å². The third-order valence-corrected chi connectivity index (χ3v) is 2.09. The lowest BCUT2D eigenvalue weighted by Crippen LogP contribution is -2.00. The van der Waals surface area contributed by atoms with Crippen molar-refractivity contribution < 1.29 is 9.53 Å². The number of alkyl halides is 1. The van der Waals surface area contributed by atoms with Gasteiger partial charge >= 0.3 is 5.97 Å². The largest absolute Gasteiger partial charge is 0.465 e. The van der Waals surface area contributed by atoms with Crippen molar-refractivity contribution in [3.05, 3.63) is 35.4 Å². The topological polar surface area (TPSA) is 50.1 Å². The number of hydrogen-bond donors (Lipinski definition) is 0. The van der Waals surface area contributed by atoms with Crippen LogP contribution in [-0.4, -0.2) is 13.1 Å². The van der Waals surface area contributed by atoms with Crippen LogP contribution in [0.3, 0.4) is 0 Å². The average molecular weight is 210 g/mol. The summed E-state index contributed by atoms with van der Waals surface area (Å²) in [6.07, 6.45) is 0. The maximum atomic E-state index is 11.0. The lowest BCUT2D eigenvalue weighted by atomic mass is 10.1. The molecule has 1 atom stereocenters. The van der Waals surface area contributed by atoms with Crippen molar-refractivity contribution in [3.63, 3.8) is 0 Å². The van der Waals surface area contributed by atoms with Gasteiger partial charge in [-0.1, -0.05) is 12.1 Å². The summed E-state index contributed by atoms with van der Waals surface area (Å²) in [5.74, 6) is -0.403. The molecule has 0 spiro atoms. The summed E-state index contributed by atoms with van der Waals surface area (Å²) in [6.45, 7) is 0. The normalized spacial score (nSPS) is 11.5. The smallest absolute Gasteiger partial charge is 0.337 e. The Kier molecular flexibility index (Phi) is 3.49. The summed E-state index contributed by atoms with van der Waals surface area (Å²) in [4.78, 5) is 11.0. The lowest BCUT2D eigenvalue weighted by Gasteiger charge is -2.02. The van der Waals surface area contributed by atoms with E-state index >= 15 is 0 Å². The predicted octanol–water partition coefficient (Wildman–Crippen LogP) is 2.28. The minimum Gasteiger partial charge on any atom is -0.465 e. The molecule has 4 heteroatoms. The molecule has 0 fully saturated rings. The Labute approximate surface area is 86.9 Å². The number of methoxy groups -OCH3 is 1. The Morgan fingerprint density at radius 2 is 2.07 bits per heavy atom. The van der Waals surface area contributed by atoms with Crippen LogP contribution in [0.2, 0.25) is 0 Å². The fraction of sp³-hybridized carbons (Fsp3) is 0.200. The van der Waals surface area contributed by atoms with Crippen LogP contribution in [0, 0.1) is 11.3 Å². The number of nitriles is 1. The Balaban J connectivity index is 2.90. The summed E-state index contributed by atoms with van der Waals surface area (Å²) < 4.78 is 4.53. The Morgan fingerprint density at radius 1 is 1.50 bits per heavy atom. The van der Waals surface area contributed by atoms with Gasteiger partial charge in [-0.25, -0.2) is 4.79 Å². The number of benzene rings is 1. The summed E-state index contributed by atoms with van der Waals surface area (Å²) in [5.41, 5.74) is 1.11. The van der Waals surface area contributed by atoms with Gasteiger partial charge in [-0.15, -0.1) is 11.6 Å². The van der Waals surface area contributed by atoms with E-state index in [4.69, 9.17) is 16.9 Å². The van der Waals surface area contributed by atoms with Gasteiger partial charge in [0.25, 0.3) is 0 Å². The highest BCUT2D eigenvalue weighted by Crippen LogP contribution is 2.19. The molecule has 3 nitrogen and oxygen atoms in total. The summed E-state index contributed by atoms with van der Waals surface area (Å²) >= 11 is 5.68. The second-order valence-electron chi connectivity index (χ2n) is 2.61. The van der Waals surface area contributed by atoms with Gasteiger partial charge in [0.2, 0.25) is 0 Å². The number of halogens is 1. The van der Waals surface area contributed by atoms with Gasteiger partial charge < -0.3 is 4.74 Å². The number of hydrogen-bond acceptors (Lipinski definition) is 3. The highest BCUT2D eigenvalue weighted by Gasteiger charge is 2.08. The maximum Gasteiger partial charge on any atom is 0.337 e. The molecule has 0 aromatic heterocycles. The molecule has 0 saturated heterocycles. The molecule has 1 rings (SSSR count). The molecule has 0 saturated carbocycles. The van der Waals surface area contributed by atoms with Crippen LogP contribution in [0.4, 0.5) is 0 Å². The Hall–Kier alpha value is -1.53. The predicted molar refractivity (Wildman–Crippen MR) is 52.0 cm³/mol. The van der Waals surface area contributed by atoms with Gasteiger partial charge in [0.05, 0.1) is 18.7 Å². The van der Waals surface area contributed by atoms with Crippen LogP contribution in [0.25, 0.3) is 0 Å². The molecule has 0 heterocycles. The molecule has 1 aromatic rings. The molecule has 0 aliphatic heterocycles. The summed E-state index contributed by atoms with van der Waals surface area (Å²) in [6, 6.07) is 8.31. The summed E-state index contributed by atoms with van der Waals surface area (Å²) in [7, 11) is 1.32. The molecule has 14 heavy (non-hydrogen) atoms. The Bertz CT molecular complexity index is 367. The highest BCUT2D eigenvalue weighted by atomic mass is 35.5. The molecular formula is C10H8ClNO2. The Morgan fingerprint density at radius 3 is 2.50 bits per heavy atom. The zero-order valence-corrected chi connectivity index (χ0v) is 8.28. The molecule has 0 bridgehead atoms. The van der Waals surface area contributed by atoms with E-state index in [0.29, 0.717) is 11.1 Å². The standard InChI is InChI=1S/C10H8ClNO2/c1-14-10(13)8-4-2-7(3-5-8)9(11)6-12/h2-5,9H,1H3/t9-/m1/s1. The minimum atomic E-state index is -0.679. The van der Waals surface area contributed by atoms with E-state index in [1.165, 1.54) is 7.11 Å². The molecule has 0 amide bonds. The number of nitrogens with zero attached hydrogens (tertiary/aromatic N) is 1. The van der Waals surface area contributed by atoms with E-state index in [1.54, 1.807) is 24.3 Å². The van der Waals surface area contributed by atoms with Crippen molar-refractivity contribution in [1.82, 2.24) is 0 Å². The number of rotatable bonds is 2. The van der Waals surface area contributed by atoms with Gasteiger partial charge in [0.15, 0.2) is 0 Å². The van der Waals surface area contributed by atoms with Gasteiger partial charge in [-0.2, -0.15) is 5.26 Å². The van der Waals surface area contributed by atoms with Crippen LogP contribution in [0.5, 0.6) is 0 Å². The molecule has 72 valence electrons. The first-order chi connectivity index (χ1) is 6.69. The first kappa shape index (κ1) is 10.6. The van der Waals surface area contributed by atoms with Crippen LogP contribution >= 0.6 is 11.6 Å². The van der Waals surface area contributed by atoms with Crippen LogP contribution < -0.4 is 0 Å². The van der Waals surface area contributed by atoms with Crippen molar-refractivity contribution >= 4 is 17.6 Å². The van der Waals surface area contributed by atoms with Crippen molar-refractivity contribution in [3.8, 4) is 6.07 Å². The molecule has 0 radical (unpaired) electrons. The van der Waals surface area contributed by atoms with Crippen molar-refractivity contribution in [2.24, 2.45) is 0 Å². The van der Waals surface area contributed by atoms with E-state index in [-0.39, 0.29) is 0 Å². The lowest BCUT2D eigenvalue weighted by molar-refractivity contribution is 0.0600. The van der Waals surface area contributed by atoms with Crippen LogP contribution in [0.15, 0.2) is 24.3 Å². The van der Waals surface area contributed by atoms with Crippen LogP contribution in [-0.2, 0) is 4.74 Å². The van der Waals surface area contributed by atoms with E-state index in [1.807, 2.05) is 6.07 Å². The van der Waals surface area contributed by atoms with E-state index < -0.39 is 11.3 Å². The molecule has 0 aliphatic rings. The van der Waals surface area contributed by atoms with E-state index in [0.717, 1.165) is 0 Å². The minimum absolute atomic E-state index is 0.403. The van der Waals surface area contributed by atoms with Crippen molar-refractivity contribution in [2.75, 3.05) is 7.11 Å². The van der Waals surface area contributed by atoms with E-state index in [2.05, 4.69) is 4.74 Å². The van der Waals surface area contributed by atoms with E-state index in [9.17, 15) is 4.79 Å². The third kappa shape index (κ3) is 2.24. The maximum absolute atomic E-state index is 11.0. The van der Waals surface area contributed by atoms with Gasteiger partial charge in [-0.3, -0.25) is 0 Å². The van der Waals surface area contributed by atoms with Crippen molar-refractivity contribution in [1.29, 1.82) is 5.26 Å². The van der Waals surface area contributed by atoms with Gasteiger partial charge in [0, 0.05) is 0 Å². The fourth-order valence-electron chi connectivity index (χ4n) is 0.981. The zero-order valence-electron chi connectivity index (χ0n) is 7.53. The quantitative estimate of drug-likeness (QED) is 0.555. The molecular weight excluding hydrogens is 202 g/mol. The number of carbonyl (C=O) groups is 1. The number of ether oxygens (including phenoxy) is 1. The highest BCUT2D eigenvalue weighted by molar-refractivity contribution is 6.22. The first-order valence-electron chi connectivity index (χ1n) is 3.91. The molecule has 1 aromatic carbocycles. The SMILES string of the molecule is COC(=O)c1ccc([C@H](Cl)C#N)cc1. The summed E-state index contributed by atoms with van der Waals surface area (Å²) in [5, 5.41) is 7.86. The number of esters is 1. The average Bonchev–Trinajstić information content (AvgIpc) is 2.27. The van der Waals surface area contributed by atoms with Crippen molar-refractivity contribution in [2.45, 2.75) is 5.38 Å². The second-order valence-corrected chi connectivity index (χ2v) is 3.04. The molecule has 0 aliphatic carbocycles. The molecule has 0 unspecified atom stereocenters. The second kappa shape index (κ2) is 4.64. The first-order valence-corrected chi connectivity index (χ1v) is 4.34. The van der Waals surface area contributed by atoms with Crippen LogP contribution in [0.1, 0.15) is 21.3 Å². The van der Waals surface area contributed by atoms with Gasteiger partial charge in [0.1, 0.15) is 5.38 Å². The fourth-order valence-corrected chi connectivity index (χ4v) is 1.13. The third-order valence-electron chi connectivity index (χ3n) is 1.74. The number of carbonyl (C=O) groups excluding carboxylic acids is 1. The zero-order chi connectivity index (χ0) is 10.6. The monoisotopic (exact) mass is 209 g/mol.